The maximum absolute atomic E-state index is 13.3. The van der Waals surface area contributed by atoms with Gasteiger partial charge in [-0.1, -0.05) is 38.7 Å². The Hall–Kier alpha value is -3.92. The first-order valence-electron chi connectivity index (χ1n) is 11.5. The van der Waals surface area contributed by atoms with E-state index in [4.69, 9.17) is 4.74 Å². The minimum atomic E-state index is -0.652. The van der Waals surface area contributed by atoms with Crippen LogP contribution in [0.2, 0.25) is 0 Å². The Morgan fingerprint density at radius 3 is 2.53 bits per heavy atom. The van der Waals surface area contributed by atoms with E-state index >= 15 is 0 Å². The molecule has 0 saturated carbocycles. The van der Waals surface area contributed by atoms with Crippen molar-refractivity contribution in [1.29, 1.82) is 5.26 Å². The van der Waals surface area contributed by atoms with Crippen LogP contribution in [0.25, 0.3) is 0 Å². The number of hydrogen-bond donors (Lipinski definition) is 1. The minimum Gasteiger partial charge on any atom is -0.494 e. The predicted molar refractivity (Wildman–Crippen MR) is 129 cm³/mol. The van der Waals surface area contributed by atoms with Crippen LogP contribution in [0, 0.1) is 18.3 Å². The molecule has 3 aromatic rings. The number of ketones is 1. The average Bonchev–Trinajstić information content (AvgIpc) is 2.85. The molecular formula is C27H29N3O4. The van der Waals surface area contributed by atoms with Crippen molar-refractivity contribution in [2.24, 2.45) is 0 Å². The first-order valence-corrected chi connectivity index (χ1v) is 11.5. The third-order valence-electron chi connectivity index (χ3n) is 5.72. The molecule has 2 heterocycles. The molecule has 7 heteroatoms. The van der Waals surface area contributed by atoms with Crippen LogP contribution >= 0.6 is 0 Å². The van der Waals surface area contributed by atoms with Gasteiger partial charge in [0.25, 0.3) is 5.56 Å². The molecule has 1 aromatic carbocycles. The number of nitriles is 1. The molecule has 0 amide bonds. The van der Waals surface area contributed by atoms with Gasteiger partial charge in [-0.3, -0.25) is 19.1 Å². The molecule has 0 aliphatic rings. The number of aromatic hydroxyl groups is 1. The average molecular weight is 460 g/mol. The van der Waals surface area contributed by atoms with Crippen LogP contribution in [0.15, 0.2) is 53.6 Å². The molecule has 34 heavy (non-hydrogen) atoms. The largest absolute Gasteiger partial charge is 0.494 e. The van der Waals surface area contributed by atoms with Crippen molar-refractivity contribution in [2.75, 3.05) is 6.61 Å². The zero-order valence-corrected chi connectivity index (χ0v) is 19.6. The molecular weight excluding hydrogens is 430 g/mol. The molecule has 7 nitrogen and oxygen atoms in total. The fourth-order valence-corrected chi connectivity index (χ4v) is 3.79. The Balaban J connectivity index is 1.84. The van der Waals surface area contributed by atoms with Crippen molar-refractivity contribution >= 4 is 5.78 Å². The van der Waals surface area contributed by atoms with E-state index in [0.29, 0.717) is 23.5 Å². The summed E-state index contributed by atoms with van der Waals surface area (Å²) in [5.74, 6) is -0.285. The molecule has 0 saturated heterocycles. The lowest BCUT2D eigenvalue weighted by molar-refractivity contribution is 0.103. The number of ether oxygens (including phenoxy) is 1. The Morgan fingerprint density at radius 2 is 1.88 bits per heavy atom. The van der Waals surface area contributed by atoms with Crippen LogP contribution in [0.5, 0.6) is 11.6 Å². The zero-order valence-electron chi connectivity index (χ0n) is 19.6. The normalized spacial score (nSPS) is 10.6. The Labute approximate surface area is 199 Å². The van der Waals surface area contributed by atoms with E-state index in [2.05, 4.69) is 11.9 Å². The Morgan fingerprint density at radius 1 is 1.15 bits per heavy atom. The summed E-state index contributed by atoms with van der Waals surface area (Å²) >= 11 is 0. The number of carbonyl (C=O) groups excluding carboxylic acids is 1. The van der Waals surface area contributed by atoms with E-state index in [0.717, 1.165) is 17.4 Å². The summed E-state index contributed by atoms with van der Waals surface area (Å²) in [6, 6.07) is 12.0. The van der Waals surface area contributed by atoms with Crippen molar-refractivity contribution in [2.45, 2.75) is 52.5 Å². The first-order chi connectivity index (χ1) is 16.5. The molecule has 0 unspecified atom stereocenters. The number of hydrogen-bond acceptors (Lipinski definition) is 6. The minimum absolute atomic E-state index is 0.0151. The monoisotopic (exact) mass is 459 g/mol. The Bertz CT molecular complexity index is 1230. The van der Waals surface area contributed by atoms with Gasteiger partial charge in [-0.05, 0) is 54.8 Å². The molecule has 176 valence electrons. The SMILES string of the molecule is CCCCCCCOc1ccc(C(=O)c2c(C)c(C#N)c(=O)n(Cc3cccnc3)c2O)cc1. The number of rotatable bonds is 11. The summed E-state index contributed by atoms with van der Waals surface area (Å²) in [7, 11) is 0. The van der Waals surface area contributed by atoms with Gasteiger partial charge >= 0.3 is 0 Å². The highest BCUT2D eigenvalue weighted by molar-refractivity contribution is 6.11. The smallest absolute Gasteiger partial charge is 0.271 e. The van der Waals surface area contributed by atoms with E-state index in [9.17, 15) is 20.0 Å². The van der Waals surface area contributed by atoms with Gasteiger partial charge in [0.1, 0.15) is 17.4 Å². The highest BCUT2D eigenvalue weighted by Crippen LogP contribution is 2.26. The van der Waals surface area contributed by atoms with Crippen LogP contribution in [0.1, 0.15) is 71.6 Å². The van der Waals surface area contributed by atoms with Gasteiger partial charge in [0.2, 0.25) is 5.88 Å². The van der Waals surface area contributed by atoms with Gasteiger partial charge in [0.05, 0.1) is 18.7 Å². The lowest BCUT2D eigenvalue weighted by Gasteiger charge is -2.16. The van der Waals surface area contributed by atoms with Crippen molar-refractivity contribution < 1.29 is 14.6 Å². The standard InChI is InChI=1S/C27H29N3O4/c1-3-4-5-6-7-15-34-22-12-10-21(11-13-22)25(31)24-19(2)23(16-28)26(32)30(27(24)33)18-20-9-8-14-29-17-20/h8-14,17,33H,3-7,15,18H2,1-2H3. The lowest BCUT2D eigenvalue weighted by Crippen LogP contribution is -2.27. The van der Waals surface area contributed by atoms with Crippen molar-refractivity contribution in [3.63, 3.8) is 0 Å². The quantitative estimate of drug-likeness (QED) is 0.327. The zero-order chi connectivity index (χ0) is 24.5. The number of nitrogens with zero attached hydrogens (tertiary/aromatic N) is 3. The summed E-state index contributed by atoms with van der Waals surface area (Å²) < 4.78 is 6.79. The van der Waals surface area contributed by atoms with Gasteiger partial charge in [-0.25, -0.2) is 0 Å². The fraction of sp³-hybridized carbons (Fsp3) is 0.333. The third-order valence-corrected chi connectivity index (χ3v) is 5.72. The van der Waals surface area contributed by atoms with Crippen molar-refractivity contribution in [1.82, 2.24) is 9.55 Å². The van der Waals surface area contributed by atoms with Gasteiger partial charge in [-0.15, -0.1) is 0 Å². The topological polar surface area (TPSA) is 105 Å². The molecule has 0 bridgehead atoms. The number of aromatic nitrogens is 2. The summed E-state index contributed by atoms with van der Waals surface area (Å²) in [6.07, 6.45) is 8.87. The van der Waals surface area contributed by atoms with Crippen LogP contribution < -0.4 is 10.3 Å². The molecule has 0 aliphatic carbocycles. The number of benzene rings is 1. The highest BCUT2D eigenvalue weighted by atomic mass is 16.5. The van der Waals surface area contributed by atoms with Gasteiger partial charge in [-0.2, -0.15) is 5.26 Å². The second-order valence-electron chi connectivity index (χ2n) is 8.18. The number of pyridine rings is 2. The predicted octanol–water partition coefficient (Wildman–Crippen LogP) is 4.76. The van der Waals surface area contributed by atoms with Crippen molar-refractivity contribution in [3.8, 4) is 17.7 Å². The fourth-order valence-electron chi connectivity index (χ4n) is 3.79. The van der Waals surface area contributed by atoms with Crippen LogP contribution in [0.4, 0.5) is 0 Å². The maximum atomic E-state index is 13.3. The van der Waals surface area contributed by atoms with E-state index in [-0.39, 0.29) is 23.2 Å². The molecule has 0 fully saturated rings. The second-order valence-corrected chi connectivity index (χ2v) is 8.18. The van der Waals surface area contributed by atoms with Gasteiger partial charge in [0.15, 0.2) is 5.78 Å². The molecule has 0 spiro atoms. The second kappa shape index (κ2) is 11.8. The summed E-state index contributed by atoms with van der Waals surface area (Å²) in [6.45, 7) is 4.27. The summed E-state index contributed by atoms with van der Waals surface area (Å²) in [4.78, 5) is 30.1. The molecule has 0 radical (unpaired) electrons. The van der Waals surface area contributed by atoms with Crippen LogP contribution in [-0.2, 0) is 6.54 Å². The highest BCUT2D eigenvalue weighted by Gasteiger charge is 2.25. The summed E-state index contributed by atoms with van der Waals surface area (Å²) in [5, 5.41) is 20.5. The molecule has 1 N–H and O–H groups in total. The van der Waals surface area contributed by atoms with Gasteiger partial charge < -0.3 is 9.84 Å². The molecule has 0 atom stereocenters. The van der Waals surface area contributed by atoms with Crippen LogP contribution in [0.3, 0.4) is 0 Å². The first kappa shape index (κ1) is 24.7. The maximum Gasteiger partial charge on any atom is 0.271 e. The van der Waals surface area contributed by atoms with Gasteiger partial charge in [0, 0.05) is 18.0 Å². The molecule has 0 aliphatic heterocycles. The van der Waals surface area contributed by atoms with E-state index in [1.54, 1.807) is 48.8 Å². The number of carbonyl (C=O) groups is 1. The third kappa shape index (κ3) is 5.70. The lowest BCUT2D eigenvalue weighted by atomic mass is 9.97. The van der Waals surface area contributed by atoms with E-state index in [1.807, 2.05) is 6.07 Å². The van der Waals surface area contributed by atoms with Crippen molar-refractivity contribution in [3.05, 3.63) is 87.0 Å². The number of unbranched alkanes of at least 4 members (excludes halogenated alkanes) is 4. The van der Waals surface area contributed by atoms with E-state index < -0.39 is 17.2 Å². The van der Waals surface area contributed by atoms with E-state index in [1.165, 1.54) is 26.2 Å². The summed E-state index contributed by atoms with van der Waals surface area (Å²) in [5.41, 5.74) is 0.245. The molecule has 2 aromatic heterocycles. The van der Waals surface area contributed by atoms with Crippen LogP contribution in [-0.4, -0.2) is 27.0 Å². The Kier molecular flexibility index (Phi) is 8.58. The molecule has 3 rings (SSSR count).